The number of halogens is 2. The lowest BCUT2D eigenvalue weighted by Crippen LogP contribution is -2.39. The fraction of sp³-hybridized carbons (Fsp3) is 0.276. The molecule has 0 aliphatic carbocycles. The second-order valence-corrected chi connectivity index (χ2v) is 9.92. The predicted molar refractivity (Wildman–Crippen MR) is 145 cm³/mol. The molecule has 204 valence electrons. The molecule has 2 aromatic carbocycles. The number of hydrogen-bond donors (Lipinski definition) is 1. The largest absolute Gasteiger partial charge is 0.457 e. The van der Waals surface area contributed by atoms with Crippen molar-refractivity contribution in [3.63, 3.8) is 0 Å². The number of benzene rings is 2. The van der Waals surface area contributed by atoms with E-state index in [9.17, 15) is 14.4 Å². The molecule has 40 heavy (non-hydrogen) atoms. The molecule has 0 saturated carbocycles. The number of aromatic nitrogens is 4. The van der Waals surface area contributed by atoms with Gasteiger partial charge >= 0.3 is 0 Å². The van der Waals surface area contributed by atoms with Crippen molar-refractivity contribution in [3.8, 4) is 28.8 Å². The molecule has 1 aliphatic rings. The fourth-order valence-corrected chi connectivity index (χ4v) is 4.90. The van der Waals surface area contributed by atoms with Gasteiger partial charge in [-0.1, -0.05) is 26.0 Å². The summed E-state index contributed by atoms with van der Waals surface area (Å²) >= 11 is 0. The minimum absolute atomic E-state index is 0.0532. The summed E-state index contributed by atoms with van der Waals surface area (Å²) in [7, 11) is 0. The van der Waals surface area contributed by atoms with Gasteiger partial charge in [-0.15, -0.1) is 0 Å². The van der Waals surface area contributed by atoms with Crippen LogP contribution in [-0.2, 0) is 11.3 Å². The zero-order valence-corrected chi connectivity index (χ0v) is 22.0. The number of hydrogen-bond acceptors (Lipinski definition) is 7. The van der Waals surface area contributed by atoms with Crippen molar-refractivity contribution in [3.05, 3.63) is 72.1 Å². The van der Waals surface area contributed by atoms with E-state index in [-0.39, 0.29) is 58.6 Å². The lowest BCUT2D eigenvalue weighted by atomic mass is 10.1. The van der Waals surface area contributed by atoms with E-state index in [2.05, 4.69) is 15.1 Å². The van der Waals surface area contributed by atoms with E-state index in [0.717, 1.165) is 6.42 Å². The van der Waals surface area contributed by atoms with Crippen LogP contribution in [0.3, 0.4) is 0 Å². The summed E-state index contributed by atoms with van der Waals surface area (Å²) in [5.41, 5.74) is 7.11. The number of nitrogen functional groups attached to an aromatic ring is 1. The number of nitriles is 1. The Bertz CT molecular complexity index is 1660. The Kier molecular flexibility index (Phi) is 7.42. The number of allylic oxidation sites excluding steroid dienone is 1. The Hall–Kier alpha value is -4.85. The first-order valence-corrected chi connectivity index (χ1v) is 12.9. The number of rotatable bonds is 7. The predicted octanol–water partition coefficient (Wildman–Crippen LogP) is 5.24. The highest BCUT2D eigenvalue weighted by Crippen LogP contribution is 2.35. The molecule has 5 rings (SSSR count). The maximum absolute atomic E-state index is 15.4. The first kappa shape index (κ1) is 26.7. The minimum atomic E-state index is -0.626. The third-order valence-corrected chi connectivity index (χ3v) is 6.66. The molecule has 3 heterocycles. The SMILES string of the molecule is CC(C)C=C(C#N)C(=O)N1CCCC1Cn1nc(-c2ccc(Oc3cccc(F)c3)cc2F)c2c(N)ncnc21. The highest BCUT2D eigenvalue weighted by molar-refractivity contribution is 5.99. The van der Waals surface area contributed by atoms with Gasteiger partial charge in [0.05, 0.1) is 18.0 Å². The number of amides is 1. The van der Waals surface area contributed by atoms with Gasteiger partial charge in [-0.3, -0.25) is 4.79 Å². The number of carbonyl (C=O) groups is 1. The van der Waals surface area contributed by atoms with Crippen LogP contribution in [0.15, 0.2) is 60.4 Å². The van der Waals surface area contributed by atoms with Crippen LogP contribution in [0.5, 0.6) is 11.5 Å². The molecule has 1 unspecified atom stereocenters. The lowest BCUT2D eigenvalue weighted by molar-refractivity contribution is -0.127. The van der Waals surface area contributed by atoms with E-state index in [0.29, 0.717) is 24.0 Å². The molecule has 2 aromatic heterocycles. The number of carbonyl (C=O) groups excluding carboxylic acids is 1. The van der Waals surface area contributed by atoms with Crippen LogP contribution in [-0.4, -0.2) is 43.1 Å². The second-order valence-electron chi connectivity index (χ2n) is 9.92. The van der Waals surface area contributed by atoms with Crippen molar-refractivity contribution >= 4 is 22.8 Å². The van der Waals surface area contributed by atoms with Crippen molar-refractivity contribution < 1.29 is 18.3 Å². The maximum atomic E-state index is 15.4. The van der Waals surface area contributed by atoms with E-state index in [1.165, 1.54) is 36.7 Å². The number of ether oxygens (including phenoxy) is 1. The average Bonchev–Trinajstić information content (AvgIpc) is 3.53. The van der Waals surface area contributed by atoms with Crippen LogP contribution in [0.25, 0.3) is 22.3 Å². The summed E-state index contributed by atoms with van der Waals surface area (Å²) in [6.45, 7) is 4.62. The van der Waals surface area contributed by atoms with Crippen LogP contribution < -0.4 is 10.5 Å². The molecule has 1 fully saturated rings. The van der Waals surface area contributed by atoms with Crippen molar-refractivity contribution in [2.24, 2.45) is 5.92 Å². The number of anilines is 1. The zero-order chi connectivity index (χ0) is 28.4. The molecular weight excluding hydrogens is 516 g/mol. The molecule has 1 saturated heterocycles. The van der Waals surface area contributed by atoms with Crippen molar-refractivity contribution in [1.82, 2.24) is 24.6 Å². The lowest BCUT2D eigenvalue weighted by Gasteiger charge is -2.24. The third-order valence-electron chi connectivity index (χ3n) is 6.66. The summed E-state index contributed by atoms with van der Waals surface area (Å²) in [5.74, 6) is -0.803. The summed E-state index contributed by atoms with van der Waals surface area (Å²) in [6, 6.07) is 11.6. The van der Waals surface area contributed by atoms with E-state index in [4.69, 9.17) is 10.5 Å². The van der Waals surface area contributed by atoms with Gasteiger partial charge in [-0.05, 0) is 43.0 Å². The molecule has 0 bridgehead atoms. The third kappa shape index (κ3) is 5.33. The average molecular weight is 544 g/mol. The van der Waals surface area contributed by atoms with Gasteiger partial charge in [0.25, 0.3) is 5.91 Å². The van der Waals surface area contributed by atoms with Crippen LogP contribution >= 0.6 is 0 Å². The van der Waals surface area contributed by atoms with Crippen molar-refractivity contribution in [2.45, 2.75) is 39.3 Å². The fourth-order valence-electron chi connectivity index (χ4n) is 4.90. The Morgan fingerprint density at radius 3 is 2.75 bits per heavy atom. The first-order chi connectivity index (χ1) is 19.2. The number of nitrogens with zero attached hydrogens (tertiary/aromatic N) is 6. The molecule has 9 nitrogen and oxygen atoms in total. The quantitative estimate of drug-likeness (QED) is 0.250. The molecule has 1 atom stereocenters. The van der Waals surface area contributed by atoms with Crippen LogP contribution in [0.4, 0.5) is 14.6 Å². The number of likely N-dealkylation sites (tertiary alicyclic amines) is 1. The molecule has 4 aromatic rings. The standard InChI is InChI=1S/C29H27F2N7O2/c1-17(2)11-18(14-32)29(39)37-10-4-6-20(37)15-38-28-25(27(33)34-16-35-28)26(36-38)23-9-8-22(13-24(23)31)40-21-7-3-5-19(30)12-21/h3,5,7-9,11-13,16-17,20H,4,6,10,15H2,1-2H3,(H2,33,34,35). The van der Waals surface area contributed by atoms with Gasteiger partial charge in [0.2, 0.25) is 0 Å². The topological polar surface area (TPSA) is 123 Å². The van der Waals surface area contributed by atoms with Crippen molar-refractivity contribution in [1.29, 1.82) is 5.26 Å². The van der Waals surface area contributed by atoms with Gasteiger partial charge in [-0.25, -0.2) is 23.4 Å². The monoisotopic (exact) mass is 543 g/mol. The molecule has 0 spiro atoms. The van der Waals surface area contributed by atoms with Gasteiger partial charge in [-0.2, -0.15) is 10.4 Å². The van der Waals surface area contributed by atoms with Gasteiger partial charge in [0, 0.05) is 24.2 Å². The van der Waals surface area contributed by atoms with E-state index < -0.39 is 11.6 Å². The summed E-state index contributed by atoms with van der Waals surface area (Å²) in [5, 5.41) is 14.6. The highest BCUT2D eigenvalue weighted by atomic mass is 19.1. The van der Waals surface area contributed by atoms with Crippen molar-refractivity contribution in [2.75, 3.05) is 12.3 Å². The summed E-state index contributed by atoms with van der Waals surface area (Å²) in [6.07, 6.45) is 4.46. The van der Waals surface area contributed by atoms with Gasteiger partial charge in [0.15, 0.2) is 5.65 Å². The Morgan fingerprint density at radius 1 is 1.23 bits per heavy atom. The van der Waals surface area contributed by atoms with Gasteiger partial charge in [0.1, 0.15) is 52.6 Å². The molecule has 11 heteroatoms. The summed E-state index contributed by atoms with van der Waals surface area (Å²) < 4.78 is 36.1. The summed E-state index contributed by atoms with van der Waals surface area (Å²) in [4.78, 5) is 23.3. The smallest absolute Gasteiger partial charge is 0.264 e. The molecule has 0 radical (unpaired) electrons. The number of fused-ring (bicyclic) bond motifs is 1. The van der Waals surface area contributed by atoms with Crippen LogP contribution in [0.1, 0.15) is 26.7 Å². The highest BCUT2D eigenvalue weighted by Gasteiger charge is 2.32. The molecule has 2 N–H and O–H groups in total. The Labute approximate surface area is 229 Å². The van der Waals surface area contributed by atoms with E-state index in [1.807, 2.05) is 19.9 Å². The Morgan fingerprint density at radius 2 is 2.02 bits per heavy atom. The second kappa shape index (κ2) is 11.1. The van der Waals surface area contributed by atoms with Gasteiger partial charge < -0.3 is 15.4 Å². The van der Waals surface area contributed by atoms with E-state index in [1.54, 1.807) is 27.8 Å². The number of nitrogens with two attached hydrogens (primary N) is 1. The maximum Gasteiger partial charge on any atom is 0.264 e. The van der Waals surface area contributed by atoms with E-state index >= 15 is 4.39 Å². The van der Waals surface area contributed by atoms with Crippen LogP contribution in [0.2, 0.25) is 0 Å². The Balaban J connectivity index is 1.47. The minimum Gasteiger partial charge on any atom is -0.457 e. The zero-order valence-electron chi connectivity index (χ0n) is 22.0. The molecule has 1 amide bonds. The normalized spacial score (nSPS) is 15.6. The first-order valence-electron chi connectivity index (χ1n) is 12.9. The van der Waals surface area contributed by atoms with Crippen LogP contribution in [0, 0.1) is 28.9 Å². The molecular formula is C29H27F2N7O2. The molecule has 1 aliphatic heterocycles.